The zero-order valence-electron chi connectivity index (χ0n) is 39.0. The summed E-state index contributed by atoms with van der Waals surface area (Å²) < 4.78 is 1.48. The highest BCUT2D eigenvalue weighted by Crippen LogP contribution is 2.16. The molecule has 0 spiro atoms. The van der Waals surface area contributed by atoms with Gasteiger partial charge < -0.3 is 24.7 Å². The van der Waals surface area contributed by atoms with Crippen LogP contribution in [0.2, 0.25) is 0 Å². The number of nitrogens with one attached hydrogen (secondary N) is 2. The Balaban J connectivity index is 3.73. The summed E-state index contributed by atoms with van der Waals surface area (Å²) in [5.41, 5.74) is 0. The minimum atomic E-state index is -0.389. The van der Waals surface area contributed by atoms with Crippen molar-refractivity contribution < 1.29 is 23.7 Å². The molecule has 0 saturated carbocycles. The lowest BCUT2D eigenvalue weighted by molar-refractivity contribution is -0.914. The first-order valence-corrected chi connectivity index (χ1v) is 24.9. The third-order valence-electron chi connectivity index (χ3n) is 11.9. The molecule has 0 radical (unpaired) electrons. The summed E-state index contributed by atoms with van der Waals surface area (Å²) in [5.74, 6) is 0.371. The van der Waals surface area contributed by atoms with Crippen LogP contribution in [0.15, 0.2) is 0 Å². The van der Waals surface area contributed by atoms with Gasteiger partial charge in [0.25, 0.3) is 0 Å². The molecule has 0 aromatic rings. The third-order valence-corrected chi connectivity index (χ3v) is 11.9. The number of carbonyl (C=O) groups is 2. The van der Waals surface area contributed by atoms with Gasteiger partial charge in [0.2, 0.25) is 11.8 Å². The van der Waals surface area contributed by atoms with Crippen LogP contribution in [0.4, 0.5) is 0 Å². The number of rotatable bonds is 44. The predicted octanol–water partition coefficient (Wildman–Crippen LogP) is 12.0. The van der Waals surface area contributed by atoms with E-state index in [0.29, 0.717) is 39.0 Å². The average Bonchev–Trinajstić information content (AvgIpc) is 3.14. The maximum Gasteiger partial charge on any atom is 0.219 e. The molecule has 0 aliphatic carbocycles. The molecule has 0 aliphatic heterocycles. The highest BCUT2D eigenvalue weighted by molar-refractivity contribution is 5.76. The summed E-state index contributed by atoms with van der Waals surface area (Å²) in [6.45, 7) is 9.24. The predicted molar refractivity (Wildman–Crippen MR) is 244 cm³/mol. The summed E-state index contributed by atoms with van der Waals surface area (Å²) >= 11 is 0. The van der Waals surface area contributed by atoms with Crippen molar-refractivity contribution in [1.82, 2.24) is 10.6 Å². The molecule has 0 rings (SSSR count). The first-order chi connectivity index (χ1) is 27.0. The first-order valence-electron chi connectivity index (χ1n) is 24.9. The molecular formula is C49H102N4O3+2. The van der Waals surface area contributed by atoms with E-state index in [1.165, 1.54) is 167 Å². The van der Waals surface area contributed by atoms with Crippen molar-refractivity contribution in [3.05, 3.63) is 0 Å². The molecule has 0 atom stereocenters. The largest absolute Gasteiger partial charge is 0.382 e. The molecule has 7 nitrogen and oxygen atoms in total. The molecule has 56 heavy (non-hydrogen) atoms. The van der Waals surface area contributed by atoms with Crippen molar-refractivity contribution in [3.8, 4) is 0 Å². The fraction of sp³-hybridized carbons (Fsp3) is 0.959. The zero-order valence-corrected chi connectivity index (χ0v) is 39.0. The van der Waals surface area contributed by atoms with Gasteiger partial charge in [-0.25, -0.2) is 0 Å². The molecule has 0 aromatic heterocycles. The van der Waals surface area contributed by atoms with Crippen molar-refractivity contribution in [2.75, 3.05) is 67.5 Å². The van der Waals surface area contributed by atoms with Gasteiger partial charge in [-0.2, -0.15) is 0 Å². The Kier molecular flexibility index (Phi) is 38.5. The highest BCUT2D eigenvalue weighted by atomic mass is 16.3. The second kappa shape index (κ2) is 39.3. The van der Waals surface area contributed by atoms with Crippen LogP contribution >= 0.6 is 0 Å². The number of likely N-dealkylation sites (N-methyl/N-ethyl adjacent to an activating group) is 2. The lowest BCUT2D eigenvalue weighted by atomic mass is 10.0. The van der Waals surface area contributed by atoms with E-state index < -0.39 is 0 Å². The van der Waals surface area contributed by atoms with E-state index in [0.717, 1.165) is 60.6 Å². The monoisotopic (exact) mass is 795 g/mol. The highest BCUT2D eigenvalue weighted by Gasteiger charge is 2.27. The molecule has 0 aromatic carbocycles. The molecule has 0 fully saturated rings. The van der Waals surface area contributed by atoms with Gasteiger partial charge >= 0.3 is 0 Å². The fourth-order valence-corrected chi connectivity index (χ4v) is 8.34. The van der Waals surface area contributed by atoms with Crippen LogP contribution in [-0.2, 0) is 9.59 Å². The number of aliphatic hydroxyl groups is 1. The summed E-state index contributed by atoms with van der Waals surface area (Å²) in [4.78, 5) is 24.7. The molecule has 0 heterocycles. The average molecular weight is 795 g/mol. The van der Waals surface area contributed by atoms with Crippen LogP contribution in [0.1, 0.15) is 232 Å². The van der Waals surface area contributed by atoms with Crippen molar-refractivity contribution in [1.29, 1.82) is 0 Å². The molecule has 334 valence electrons. The van der Waals surface area contributed by atoms with Crippen molar-refractivity contribution >= 4 is 11.8 Å². The number of hydrogen-bond acceptors (Lipinski definition) is 3. The number of amides is 2. The number of unbranched alkanes of at least 4 members (excludes halogenated alkanes) is 28. The topological polar surface area (TPSA) is 78.4 Å². The summed E-state index contributed by atoms with van der Waals surface area (Å²) in [6.07, 6.45) is 43.0. The molecule has 0 aliphatic rings. The Bertz CT molecular complexity index is 796. The van der Waals surface area contributed by atoms with Crippen LogP contribution < -0.4 is 10.6 Å². The normalized spacial score (nSPS) is 12.1. The van der Waals surface area contributed by atoms with Gasteiger partial charge in [0.15, 0.2) is 6.10 Å². The minimum absolute atomic E-state index is 0.185. The molecule has 3 N–H and O–H groups in total. The van der Waals surface area contributed by atoms with Crippen LogP contribution in [0.5, 0.6) is 0 Å². The molecule has 7 heteroatoms. The number of quaternary nitrogens is 2. The second-order valence-electron chi connectivity index (χ2n) is 19.1. The van der Waals surface area contributed by atoms with Crippen molar-refractivity contribution in [3.63, 3.8) is 0 Å². The maximum atomic E-state index is 12.4. The molecular weight excluding hydrogens is 693 g/mol. The van der Waals surface area contributed by atoms with Gasteiger partial charge in [-0.3, -0.25) is 9.59 Å². The molecule has 0 bridgehead atoms. The van der Waals surface area contributed by atoms with E-state index in [2.05, 4.69) is 52.7 Å². The SMILES string of the molecule is CCCCCCCCCCCCCCCCCC(=O)NCCC[N+](C)(C)CC(O)C[N+](C)(C)CCCNC(=O)CCCCCCCCCCCCCCCCC. The first kappa shape index (κ1) is 54.8. The summed E-state index contributed by atoms with van der Waals surface area (Å²) in [6, 6.07) is 0. The summed E-state index contributed by atoms with van der Waals surface area (Å²) in [5, 5.41) is 17.2. The van der Waals surface area contributed by atoms with Gasteiger partial charge in [0.05, 0.1) is 41.3 Å². The van der Waals surface area contributed by atoms with Gasteiger partial charge in [-0.05, 0) is 12.8 Å². The minimum Gasteiger partial charge on any atom is -0.382 e. The van der Waals surface area contributed by atoms with E-state index >= 15 is 0 Å². The van der Waals surface area contributed by atoms with E-state index in [1.54, 1.807) is 0 Å². The standard InChI is InChI=1S/C49H100N4O3/c1-7-9-11-13-15-17-19-21-23-25-27-29-31-33-35-39-48(55)50-41-37-43-52(3,4)45-47(54)46-53(5,6)44-38-42-51-49(56)40-36-34-32-30-28-26-24-22-20-18-16-14-12-10-8-2/h47,54H,7-46H2,1-6H3/p+2. The van der Waals surface area contributed by atoms with Crippen LogP contribution in [0.25, 0.3) is 0 Å². The van der Waals surface area contributed by atoms with Gasteiger partial charge in [-0.1, -0.05) is 194 Å². The Morgan fingerprint density at radius 1 is 0.393 bits per heavy atom. The number of nitrogens with zero attached hydrogens (tertiary/aromatic N) is 2. The smallest absolute Gasteiger partial charge is 0.219 e. The van der Waals surface area contributed by atoms with E-state index in [1.807, 2.05) is 0 Å². The van der Waals surface area contributed by atoms with E-state index in [4.69, 9.17) is 0 Å². The third kappa shape index (κ3) is 41.0. The van der Waals surface area contributed by atoms with Crippen LogP contribution in [0.3, 0.4) is 0 Å². The van der Waals surface area contributed by atoms with Crippen molar-refractivity contribution in [2.45, 2.75) is 238 Å². The number of aliphatic hydroxyl groups excluding tert-OH is 1. The Morgan fingerprint density at radius 3 is 0.875 bits per heavy atom. The van der Waals surface area contributed by atoms with Crippen molar-refractivity contribution in [2.24, 2.45) is 0 Å². The van der Waals surface area contributed by atoms with Gasteiger partial charge in [-0.15, -0.1) is 0 Å². The zero-order chi connectivity index (χ0) is 41.4. The van der Waals surface area contributed by atoms with Crippen LogP contribution in [-0.4, -0.2) is 99.5 Å². The second-order valence-corrected chi connectivity index (χ2v) is 19.1. The lowest BCUT2D eigenvalue weighted by Crippen LogP contribution is -2.53. The quantitative estimate of drug-likeness (QED) is 0.0425. The van der Waals surface area contributed by atoms with Gasteiger partial charge in [0, 0.05) is 38.8 Å². The molecule has 0 unspecified atom stereocenters. The Morgan fingerprint density at radius 2 is 0.625 bits per heavy atom. The lowest BCUT2D eigenvalue weighted by Gasteiger charge is -2.36. The summed E-state index contributed by atoms with van der Waals surface area (Å²) in [7, 11) is 8.70. The van der Waals surface area contributed by atoms with E-state index in [-0.39, 0.29) is 17.9 Å². The van der Waals surface area contributed by atoms with Crippen LogP contribution in [0, 0.1) is 0 Å². The van der Waals surface area contributed by atoms with E-state index in [9.17, 15) is 14.7 Å². The number of hydrogen-bond donors (Lipinski definition) is 3. The molecule has 2 amide bonds. The maximum absolute atomic E-state index is 12.4. The fourth-order valence-electron chi connectivity index (χ4n) is 8.34. The Labute approximate surface area is 350 Å². The number of carbonyl (C=O) groups excluding carboxylic acids is 2. The van der Waals surface area contributed by atoms with Gasteiger partial charge in [0.1, 0.15) is 13.1 Å². The Hall–Kier alpha value is -1.18. The molecule has 0 saturated heterocycles.